The maximum Gasteiger partial charge on any atom is 0.273 e. The Morgan fingerprint density at radius 1 is 0.614 bits per heavy atom. The van der Waals surface area contributed by atoms with Gasteiger partial charge in [-0.3, -0.25) is 40.9 Å². The Labute approximate surface area is 261 Å². The monoisotopic (exact) mass is 610 g/mol. The average Bonchev–Trinajstić information content (AvgIpc) is 3.01. The minimum Gasteiger partial charge on any atom is -0.507 e. The van der Waals surface area contributed by atoms with Gasteiger partial charge >= 0.3 is 0 Å². The molecule has 2 aromatic rings. The molecule has 0 aliphatic heterocycles. The number of unbranched alkanes of at least 4 members (excludes halogenated alkanes) is 6. The van der Waals surface area contributed by atoms with Crippen molar-refractivity contribution in [2.45, 2.75) is 105 Å². The van der Waals surface area contributed by atoms with Crippen molar-refractivity contribution in [1.82, 2.24) is 21.7 Å². The molecule has 10 heteroatoms. The van der Waals surface area contributed by atoms with E-state index in [1.165, 1.54) is 12.1 Å². The quantitative estimate of drug-likeness (QED) is 0.101. The third-order valence-corrected chi connectivity index (χ3v) is 7.88. The molecule has 4 amide bonds. The molecule has 0 aliphatic carbocycles. The van der Waals surface area contributed by atoms with Crippen LogP contribution in [0.1, 0.15) is 124 Å². The van der Waals surface area contributed by atoms with E-state index in [2.05, 4.69) is 28.6 Å². The van der Waals surface area contributed by atoms with Crippen molar-refractivity contribution in [2.75, 3.05) is 0 Å². The number of phenols is 2. The topological polar surface area (TPSA) is 157 Å². The van der Waals surface area contributed by atoms with Crippen LogP contribution in [-0.4, -0.2) is 33.8 Å². The Hall–Kier alpha value is -4.08. The standard InChI is InChI=1S/C34H50N4O6/c1-5-8-11-12-13-20-26(32(42)36-38-34(44)30-25(17-10-7-3)19-15-22-28(30)40)23(4)31(41)35-37-33(43)29-24(16-9-6-2)18-14-21-27(29)39/h14-15,18-19,21-23,26,39-40H,5-13,16-17,20H2,1-4H3,(H,35,41)(H,36,42)(H,37,43)(H,38,44). The zero-order valence-electron chi connectivity index (χ0n) is 26.6. The number of aryl methyl sites for hydroxylation is 2. The van der Waals surface area contributed by atoms with Gasteiger partial charge in [-0.2, -0.15) is 0 Å². The molecule has 2 aromatic carbocycles. The molecule has 0 saturated carbocycles. The highest BCUT2D eigenvalue weighted by atomic mass is 16.3. The van der Waals surface area contributed by atoms with Crippen molar-refractivity contribution in [3.8, 4) is 11.5 Å². The molecule has 2 atom stereocenters. The summed E-state index contributed by atoms with van der Waals surface area (Å²) in [6.45, 7) is 7.77. The first-order valence-electron chi connectivity index (χ1n) is 16.0. The van der Waals surface area contributed by atoms with Crippen molar-refractivity contribution in [3.05, 3.63) is 58.7 Å². The van der Waals surface area contributed by atoms with Crippen LogP contribution >= 0.6 is 0 Å². The maximum absolute atomic E-state index is 13.3. The van der Waals surface area contributed by atoms with Crippen molar-refractivity contribution in [2.24, 2.45) is 11.8 Å². The minimum absolute atomic E-state index is 0.101. The summed E-state index contributed by atoms with van der Waals surface area (Å²) in [7, 11) is 0. The number of rotatable bonds is 17. The average molecular weight is 611 g/mol. The zero-order valence-corrected chi connectivity index (χ0v) is 26.6. The first-order valence-corrected chi connectivity index (χ1v) is 16.0. The Kier molecular flexibility index (Phi) is 15.8. The first-order chi connectivity index (χ1) is 21.2. The Morgan fingerprint density at radius 3 is 1.55 bits per heavy atom. The number of carbonyl (C=O) groups excluding carboxylic acids is 4. The second kappa shape index (κ2) is 19.2. The van der Waals surface area contributed by atoms with Crippen LogP contribution in [0.4, 0.5) is 0 Å². The summed E-state index contributed by atoms with van der Waals surface area (Å²) in [5.41, 5.74) is 11.2. The summed E-state index contributed by atoms with van der Waals surface area (Å²) in [6, 6.07) is 9.73. The van der Waals surface area contributed by atoms with Gasteiger partial charge in [0.2, 0.25) is 11.8 Å². The van der Waals surface area contributed by atoms with Crippen molar-refractivity contribution >= 4 is 23.6 Å². The van der Waals surface area contributed by atoms with E-state index in [9.17, 15) is 29.4 Å². The summed E-state index contributed by atoms with van der Waals surface area (Å²) < 4.78 is 0. The normalized spacial score (nSPS) is 12.2. The molecule has 6 N–H and O–H groups in total. The van der Waals surface area contributed by atoms with E-state index in [0.717, 1.165) is 51.4 Å². The highest BCUT2D eigenvalue weighted by molar-refractivity contribution is 6.00. The molecule has 0 saturated heterocycles. The molecule has 2 unspecified atom stereocenters. The summed E-state index contributed by atoms with van der Waals surface area (Å²) >= 11 is 0. The van der Waals surface area contributed by atoms with Crippen LogP contribution in [0.3, 0.4) is 0 Å². The van der Waals surface area contributed by atoms with Gasteiger partial charge in [-0.25, -0.2) is 0 Å². The maximum atomic E-state index is 13.3. The first kappa shape index (κ1) is 36.1. The molecular weight excluding hydrogens is 560 g/mol. The van der Waals surface area contributed by atoms with E-state index < -0.39 is 35.5 Å². The van der Waals surface area contributed by atoms with E-state index in [1.807, 2.05) is 13.8 Å². The molecule has 242 valence electrons. The van der Waals surface area contributed by atoms with Gasteiger partial charge in [-0.15, -0.1) is 0 Å². The molecule has 2 rings (SSSR count). The number of amides is 4. The van der Waals surface area contributed by atoms with Gasteiger partial charge < -0.3 is 10.2 Å². The van der Waals surface area contributed by atoms with Crippen molar-refractivity contribution in [3.63, 3.8) is 0 Å². The van der Waals surface area contributed by atoms with Crippen LogP contribution in [-0.2, 0) is 22.4 Å². The van der Waals surface area contributed by atoms with Gasteiger partial charge in [0.15, 0.2) is 0 Å². The zero-order chi connectivity index (χ0) is 32.5. The van der Waals surface area contributed by atoms with Crippen LogP contribution in [0.2, 0.25) is 0 Å². The van der Waals surface area contributed by atoms with E-state index >= 15 is 0 Å². The van der Waals surface area contributed by atoms with E-state index in [0.29, 0.717) is 36.8 Å². The molecule has 0 aromatic heterocycles. The number of hydrogen-bond donors (Lipinski definition) is 6. The second-order valence-electron chi connectivity index (χ2n) is 11.3. The molecule has 0 aliphatic rings. The highest BCUT2D eigenvalue weighted by Gasteiger charge is 2.31. The third-order valence-electron chi connectivity index (χ3n) is 7.88. The third kappa shape index (κ3) is 10.9. The molecule has 0 heterocycles. The van der Waals surface area contributed by atoms with Gasteiger partial charge in [-0.1, -0.05) is 96.9 Å². The number of phenolic OH excluding ortho intramolecular Hbond substituents is 2. The minimum atomic E-state index is -0.854. The van der Waals surface area contributed by atoms with Gasteiger partial charge in [0, 0.05) is 5.92 Å². The molecule has 0 bridgehead atoms. The Balaban J connectivity index is 2.12. The predicted octanol–water partition coefficient (Wildman–Crippen LogP) is 5.62. The van der Waals surface area contributed by atoms with E-state index in [-0.39, 0.29) is 22.6 Å². The number of hydrazine groups is 2. The summed E-state index contributed by atoms with van der Waals surface area (Å²) in [5.74, 6) is -4.43. The lowest BCUT2D eigenvalue weighted by Gasteiger charge is -2.23. The van der Waals surface area contributed by atoms with Crippen LogP contribution in [0.15, 0.2) is 36.4 Å². The van der Waals surface area contributed by atoms with Gasteiger partial charge in [0.25, 0.3) is 11.8 Å². The molecule has 0 spiro atoms. The van der Waals surface area contributed by atoms with Crippen molar-refractivity contribution in [1.29, 1.82) is 0 Å². The lowest BCUT2D eigenvalue weighted by atomic mass is 9.87. The van der Waals surface area contributed by atoms with Crippen LogP contribution in [0.5, 0.6) is 11.5 Å². The molecular formula is C34H50N4O6. The summed E-state index contributed by atoms with van der Waals surface area (Å²) in [5, 5.41) is 20.7. The van der Waals surface area contributed by atoms with Crippen LogP contribution in [0.25, 0.3) is 0 Å². The van der Waals surface area contributed by atoms with Crippen LogP contribution < -0.4 is 21.7 Å². The number of carbonyl (C=O) groups is 4. The number of aromatic hydroxyl groups is 2. The molecule has 0 radical (unpaired) electrons. The van der Waals surface area contributed by atoms with Gasteiger partial charge in [0.05, 0.1) is 17.0 Å². The number of nitrogens with one attached hydrogen (secondary N) is 4. The Bertz CT molecular complexity index is 1250. The summed E-state index contributed by atoms with van der Waals surface area (Å²) in [4.78, 5) is 52.5. The van der Waals surface area contributed by atoms with Gasteiger partial charge in [-0.05, 0) is 55.4 Å². The van der Waals surface area contributed by atoms with Gasteiger partial charge in [0.1, 0.15) is 11.5 Å². The lowest BCUT2D eigenvalue weighted by molar-refractivity contribution is -0.135. The predicted molar refractivity (Wildman–Crippen MR) is 171 cm³/mol. The second-order valence-corrected chi connectivity index (χ2v) is 11.3. The fourth-order valence-corrected chi connectivity index (χ4v) is 5.18. The Morgan fingerprint density at radius 2 is 1.07 bits per heavy atom. The van der Waals surface area contributed by atoms with Crippen molar-refractivity contribution < 1.29 is 29.4 Å². The number of benzene rings is 2. The number of hydrogen-bond acceptors (Lipinski definition) is 6. The van der Waals surface area contributed by atoms with Crippen LogP contribution in [0, 0.1) is 11.8 Å². The lowest BCUT2D eigenvalue weighted by Crippen LogP contribution is -2.50. The smallest absolute Gasteiger partial charge is 0.273 e. The molecule has 10 nitrogen and oxygen atoms in total. The molecule has 0 fully saturated rings. The van der Waals surface area contributed by atoms with E-state index in [4.69, 9.17) is 0 Å². The SMILES string of the molecule is CCCCCCCC(C(=O)NNC(=O)c1c(O)cccc1CCCC)C(C)C(=O)NNC(=O)c1c(O)cccc1CCCC. The fourth-order valence-electron chi connectivity index (χ4n) is 5.18. The highest BCUT2D eigenvalue weighted by Crippen LogP contribution is 2.25. The van der Waals surface area contributed by atoms with E-state index in [1.54, 1.807) is 31.2 Å². The molecule has 44 heavy (non-hydrogen) atoms. The summed E-state index contributed by atoms with van der Waals surface area (Å²) in [6.07, 6.45) is 9.85. The largest absolute Gasteiger partial charge is 0.507 e. The fraction of sp³-hybridized carbons (Fsp3) is 0.529.